The number of imide groups is 1. The van der Waals surface area contributed by atoms with Gasteiger partial charge in [0.1, 0.15) is 0 Å². The summed E-state index contributed by atoms with van der Waals surface area (Å²) in [4.78, 5) is 37.0. The minimum absolute atomic E-state index is 0.210. The topological polar surface area (TPSA) is 165 Å². The zero-order chi connectivity index (χ0) is 36.5. The highest BCUT2D eigenvalue weighted by molar-refractivity contribution is 6.21. The first-order valence-electron chi connectivity index (χ1n) is 17.6. The summed E-state index contributed by atoms with van der Waals surface area (Å²) in [5.41, 5.74) is 0.877. The Morgan fingerprint density at radius 1 is 0.451 bits per heavy atom. The van der Waals surface area contributed by atoms with E-state index < -0.39 is 0 Å². The fourth-order valence-corrected chi connectivity index (χ4v) is 4.29. The van der Waals surface area contributed by atoms with E-state index >= 15 is 0 Å². The van der Waals surface area contributed by atoms with Gasteiger partial charge in [-0.25, -0.2) is 0 Å². The summed E-state index contributed by atoms with van der Waals surface area (Å²) in [5, 5.41) is 0. The summed E-state index contributed by atoms with van der Waals surface area (Å²) in [6.45, 7) is 12.0. The van der Waals surface area contributed by atoms with Crippen molar-refractivity contribution in [2.45, 2.75) is 13.3 Å². The van der Waals surface area contributed by atoms with E-state index in [2.05, 4.69) is 0 Å². The highest BCUT2D eigenvalue weighted by Crippen LogP contribution is 2.21. The van der Waals surface area contributed by atoms with Crippen molar-refractivity contribution in [1.82, 2.24) is 4.90 Å². The summed E-state index contributed by atoms with van der Waals surface area (Å²) in [6.07, 6.45) is 0.249. The normalized spacial score (nSPS) is 12.6. The zero-order valence-corrected chi connectivity index (χ0v) is 30.1. The van der Waals surface area contributed by atoms with Crippen molar-refractivity contribution in [3.63, 3.8) is 0 Å². The monoisotopic (exact) mass is 731 g/mol. The summed E-state index contributed by atoms with van der Waals surface area (Å²) >= 11 is 0. The van der Waals surface area contributed by atoms with Crippen molar-refractivity contribution < 1.29 is 71.2 Å². The van der Waals surface area contributed by atoms with Gasteiger partial charge in [0.15, 0.2) is 0 Å². The molecule has 0 aliphatic carbocycles. The molecule has 1 aliphatic heterocycles. The van der Waals surface area contributed by atoms with Crippen LogP contribution in [0.15, 0.2) is 24.3 Å². The van der Waals surface area contributed by atoms with Crippen LogP contribution >= 0.6 is 0 Å². The van der Waals surface area contributed by atoms with Gasteiger partial charge in [-0.1, -0.05) is 12.1 Å². The minimum atomic E-state index is -0.281. The molecule has 0 radical (unpaired) electrons. The van der Waals surface area contributed by atoms with Gasteiger partial charge in [-0.3, -0.25) is 19.3 Å². The Kier molecular flexibility index (Phi) is 28.0. The molecule has 16 heteroatoms. The first-order valence-corrected chi connectivity index (χ1v) is 17.6. The van der Waals surface area contributed by atoms with E-state index in [1.165, 1.54) is 4.90 Å². The van der Waals surface area contributed by atoms with Gasteiger partial charge in [0.2, 0.25) is 0 Å². The van der Waals surface area contributed by atoms with Gasteiger partial charge in [-0.15, -0.1) is 0 Å². The summed E-state index contributed by atoms with van der Waals surface area (Å²) < 4.78 is 64.7. The lowest BCUT2D eigenvalue weighted by Gasteiger charge is -2.13. The predicted molar refractivity (Wildman–Crippen MR) is 182 cm³/mol. The molecule has 16 nitrogen and oxygen atoms in total. The van der Waals surface area contributed by atoms with Crippen LogP contribution in [0.4, 0.5) is 0 Å². The van der Waals surface area contributed by atoms with E-state index in [0.717, 1.165) is 0 Å². The lowest BCUT2D eigenvalue weighted by atomic mass is 10.1. The van der Waals surface area contributed by atoms with Crippen molar-refractivity contribution >= 4 is 17.8 Å². The lowest BCUT2D eigenvalue weighted by molar-refractivity contribution is -0.144. The average Bonchev–Trinajstić information content (AvgIpc) is 3.38. The summed E-state index contributed by atoms with van der Waals surface area (Å²) in [5.74, 6) is -0.820. The van der Waals surface area contributed by atoms with Crippen LogP contribution in [-0.4, -0.2) is 181 Å². The van der Waals surface area contributed by atoms with Crippen LogP contribution < -0.4 is 0 Å². The minimum Gasteiger partial charge on any atom is -0.466 e. The fourth-order valence-electron chi connectivity index (χ4n) is 4.29. The molecule has 0 unspecified atom stereocenters. The maximum atomic E-state index is 12.3. The van der Waals surface area contributed by atoms with Crippen LogP contribution in [0.5, 0.6) is 0 Å². The van der Waals surface area contributed by atoms with E-state index in [1.807, 2.05) is 0 Å². The van der Waals surface area contributed by atoms with E-state index in [0.29, 0.717) is 156 Å². The number of amides is 2. The van der Waals surface area contributed by atoms with Crippen molar-refractivity contribution in [1.29, 1.82) is 0 Å². The summed E-state index contributed by atoms with van der Waals surface area (Å²) in [6, 6.07) is 6.81. The predicted octanol–water partition coefficient (Wildman–Crippen LogP) is 1.42. The Morgan fingerprint density at radius 2 is 0.725 bits per heavy atom. The molecule has 0 bridgehead atoms. The number of benzene rings is 1. The number of hydrogen-bond donors (Lipinski definition) is 0. The molecule has 0 fully saturated rings. The number of fused-ring (bicyclic) bond motifs is 1. The number of carbonyl (C=O) groups is 3. The molecule has 0 spiro atoms. The second-order valence-electron chi connectivity index (χ2n) is 10.6. The van der Waals surface area contributed by atoms with Gasteiger partial charge in [0.25, 0.3) is 11.8 Å². The van der Waals surface area contributed by atoms with Crippen molar-refractivity contribution in [3.8, 4) is 0 Å². The fraction of sp³-hybridized carbons (Fsp3) is 0.743. The SMILES string of the molecule is CCOC(=O)CCOCCOCCOCCOCCOCCOCCOCCOCCOCCOCCOCCN1C(=O)c2ccccc2C1=O. The second kappa shape index (κ2) is 32.1. The van der Waals surface area contributed by atoms with E-state index in [9.17, 15) is 14.4 Å². The maximum absolute atomic E-state index is 12.3. The van der Waals surface area contributed by atoms with Gasteiger partial charge in [0, 0.05) is 0 Å². The molecule has 1 heterocycles. The third-order valence-corrected chi connectivity index (χ3v) is 6.81. The largest absolute Gasteiger partial charge is 0.466 e. The molecule has 1 aliphatic rings. The van der Waals surface area contributed by atoms with E-state index in [1.54, 1.807) is 31.2 Å². The van der Waals surface area contributed by atoms with Gasteiger partial charge in [-0.05, 0) is 19.1 Å². The number of esters is 1. The molecular weight excluding hydrogens is 674 g/mol. The molecule has 292 valence electrons. The number of ether oxygens (including phenoxy) is 12. The molecule has 0 saturated heterocycles. The summed E-state index contributed by atoms with van der Waals surface area (Å²) in [7, 11) is 0. The molecule has 2 amide bonds. The van der Waals surface area contributed by atoms with Crippen LogP contribution in [-0.2, 0) is 61.6 Å². The first kappa shape index (κ1) is 44.6. The van der Waals surface area contributed by atoms with Crippen LogP contribution in [0.25, 0.3) is 0 Å². The standard InChI is InChI=1S/C35H57NO15/c1-2-51-33(37)7-9-40-11-13-42-15-17-44-19-21-46-23-25-48-27-29-50-30-28-49-26-24-47-22-20-45-18-16-43-14-12-41-10-8-36-34(38)31-5-3-4-6-32(31)35(36)39/h3-6H,2,7-30H2,1H3. The number of hydrogen-bond acceptors (Lipinski definition) is 15. The lowest BCUT2D eigenvalue weighted by Crippen LogP contribution is -2.33. The highest BCUT2D eigenvalue weighted by atomic mass is 16.6. The molecule has 0 atom stereocenters. The van der Waals surface area contributed by atoms with Gasteiger partial charge in [0.05, 0.1) is 176 Å². The Bertz CT molecular complexity index is 996. The Morgan fingerprint density at radius 3 is 1.02 bits per heavy atom. The van der Waals surface area contributed by atoms with Crippen molar-refractivity contribution in [2.24, 2.45) is 0 Å². The first-order chi connectivity index (χ1) is 25.1. The van der Waals surface area contributed by atoms with Crippen LogP contribution in [0.3, 0.4) is 0 Å². The van der Waals surface area contributed by atoms with E-state index in [-0.39, 0.29) is 37.4 Å². The molecule has 1 aromatic rings. The quantitative estimate of drug-likeness (QED) is 0.0548. The number of rotatable bonds is 37. The van der Waals surface area contributed by atoms with Gasteiger partial charge < -0.3 is 56.8 Å². The molecule has 0 saturated carbocycles. The Labute approximate surface area is 301 Å². The molecule has 51 heavy (non-hydrogen) atoms. The number of nitrogens with zero attached hydrogens (tertiary/aromatic N) is 1. The molecule has 2 rings (SSSR count). The molecule has 0 aromatic heterocycles. The highest BCUT2D eigenvalue weighted by Gasteiger charge is 2.34. The van der Waals surface area contributed by atoms with Crippen LogP contribution in [0.2, 0.25) is 0 Å². The maximum Gasteiger partial charge on any atom is 0.308 e. The smallest absolute Gasteiger partial charge is 0.308 e. The third kappa shape index (κ3) is 22.8. The van der Waals surface area contributed by atoms with Crippen molar-refractivity contribution in [3.05, 3.63) is 35.4 Å². The molecule has 0 N–H and O–H groups in total. The van der Waals surface area contributed by atoms with E-state index in [4.69, 9.17) is 56.8 Å². The van der Waals surface area contributed by atoms with Crippen molar-refractivity contribution in [2.75, 3.05) is 159 Å². The van der Waals surface area contributed by atoms with Crippen LogP contribution in [0.1, 0.15) is 34.1 Å². The molecule has 1 aromatic carbocycles. The molecular formula is C35H57NO15. The van der Waals surface area contributed by atoms with Gasteiger partial charge in [-0.2, -0.15) is 0 Å². The Balaban J connectivity index is 1.17. The number of carbonyl (C=O) groups excluding carboxylic acids is 3. The zero-order valence-electron chi connectivity index (χ0n) is 30.1. The Hall–Kier alpha value is -2.61. The van der Waals surface area contributed by atoms with Crippen LogP contribution in [0, 0.1) is 0 Å². The second-order valence-corrected chi connectivity index (χ2v) is 10.6. The average molecular weight is 732 g/mol. The third-order valence-electron chi connectivity index (χ3n) is 6.81. The van der Waals surface area contributed by atoms with Gasteiger partial charge >= 0.3 is 5.97 Å².